The normalized spacial score (nSPS) is 24.1. The number of hydrogen-bond donors (Lipinski definition) is 3. The Morgan fingerprint density at radius 2 is 2.47 bits per heavy atom. The van der Waals surface area contributed by atoms with E-state index in [-0.39, 0.29) is 24.3 Å². The lowest BCUT2D eigenvalue weighted by molar-refractivity contribution is -0.142. The Morgan fingerprint density at radius 1 is 1.68 bits per heavy atom. The van der Waals surface area contributed by atoms with Crippen molar-refractivity contribution in [2.75, 3.05) is 6.61 Å². The number of carbonyl (C=O) groups is 2. The van der Waals surface area contributed by atoms with Crippen LogP contribution in [0.4, 0.5) is 0 Å². The van der Waals surface area contributed by atoms with Crippen molar-refractivity contribution in [1.82, 2.24) is 15.3 Å². The van der Waals surface area contributed by atoms with Gasteiger partial charge in [-0.05, 0) is 13.3 Å². The standard InChI is InChI=1S/C12H17N3O4/c1-7-9(2-3-19-7)11(16)15-10(12(17)18)4-8-5-13-6-14-8/h5-7,9-10H,2-4H2,1H3,(H,13,14)(H,15,16)(H,17,18)/t7?,9?,10-/m0/s1. The van der Waals surface area contributed by atoms with E-state index in [0.29, 0.717) is 18.7 Å². The van der Waals surface area contributed by atoms with Gasteiger partial charge in [0.15, 0.2) is 0 Å². The number of hydrogen-bond acceptors (Lipinski definition) is 4. The van der Waals surface area contributed by atoms with Crippen LogP contribution in [0.3, 0.4) is 0 Å². The summed E-state index contributed by atoms with van der Waals surface area (Å²) in [6.45, 7) is 2.36. The number of rotatable bonds is 5. The van der Waals surface area contributed by atoms with Crippen molar-refractivity contribution in [3.63, 3.8) is 0 Å². The molecule has 104 valence electrons. The average Bonchev–Trinajstić information content (AvgIpc) is 2.99. The molecule has 0 aliphatic carbocycles. The summed E-state index contributed by atoms with van der Waals surface area (Å²) in [5.74, 6) is -1.60. The van der Waals surface area contributed by atoms with Crippen molar-refractivity contribution in [1.29, 1.82) is 0 Å². The number of amides is 1. The SMILES string of the molecule is CC1OCCC1C(=O)N[C@@H](Cc1cnc[nH]1)C(=O)O. The maximum Gasteiger partial charge on any atom is 0.326 e. The Hall–Kier alpha value is -1.89. The number of carboxylic acid groups (broad SMARTS) is 1. The van der Waals surface area contributed by atoms with E-state index in [9.17, 15) is 9.59 Å². The highest BCUT2D eigenvalue weighted by Gasteiger charge is 2.33. The molecule has 2 rings (SSSR count). The number of carboxylic acids is 1. The van der Waals surface area contributed by atoms with Crippen LogP contribution < -0.4 is 5.32 Å². The fourth-order valence-corrected chi connectivity index (χ4v) is 2.17. The summed E-state index contributed by atoms with van der Waals surface area (Å²) in [4.78, 5) is 29.8. The highest BCUT2D eigenvalue weighted by atomic mass is 16.5. The third-order valence-electron chi connectivity index (χ3n) is 3.31. The van der Waals surface area contributed by atoms with Gasteiger partial charge in [-0.25, -0.2) is 9.78 Å². The summed E-state index contributed by atoms with van der Waals surface area (Å²) in [5.41, 5.74) is 0.670. The summed E-state index contributed by atoms with van der Waals surface area (Å²) in [6, 6.07) is -0.958. The van der Waals surface area contributed by atoms with Gasteiger partial charge in [-0.15, -0.1) is 0 Å². The first-order chi connectivity index (χ1) is 9.08. The van der Waals surface area contributed by atoms with Crippen molar-refractivity contribution >= 4 is 11.9 Å². The lowest BCUT2D eigenvalue weighted by Gasteiger charge is -2.18. The number of ether oxygens (including phenoxy) is 1. The van der Waals surface area contributed by atoms with Crippen LogP contribution in [-0.4, -0.2) is 45.7 Å². The van der Waals surface area contributed by atoms with Gasteiger partial charge in [0.25, 0.3) is 0 Å². The van der Waals surface area contributed by atoms with E-state index in [2.05, 4.69) is 15.3 Å². The Kier molecular flexibility index (Phi) is 4.16. The van der Waals surface area contributed by atoms with Crippen molar-refractivity contribution in [2.45, 2.75) is 31.9 Å². The van der Waals surface area contributed by atoms with Crippen molar-refractivity contribution in [3.05, 3.63) is 18.2 Å². The molecule has 0 aromatic carbocycles. The van der Waals surface area contributed by atoms with Gasteiger partial charge in [0.1, 0.15) is 6.04 Å². The molecule has 19 heavy (non-hydrogen) atoms. The lowest BCUT2D eigenvalue weighted by atomic mass is 10.0. The van der Waals surface area contributed by atoms with Gasteiger partial charge >= 0.3 is 5.97 Å². The van der Waals surface area contributed by atoms with E-state index in [4.69, 9.17) is 9.84 Å². The van der Waals surface area contributed by atoms with Gasteiger partial charge in [0, 0.05) is 24.9 Å². The summed E-state index contributed by atoms with van der Waals surface area (Å²) < 4.78 is 5.31. The third-order valence-corrected chi connectivity index (χ3v) is 3.31. The molecule has 1 amide bonds. The van der Waals surface area contributed by atoms with Crippen LogP contribution in [0.25, 0.3) is 0 Å². The maximum absolute atomic E-state index is 12.0. The molecule has 7 heteroatoms. The van der Waals surface area contributed by atoms with Crippen LogP contribution >= 0.6 is 0 Å². The van der Waals surface area contributed by atoms with Crippen molar-refractivity contribution < 1.29 is 19.4 Å². The minimum absolute atomic E-state index is 0.165. The second-order valence-corrected chi connectivity index (χ2v) is 4.65. The zero-order valence-corrected chi connectivity index (χ0v) is 10.6. The number of aromatic nitrogens is 2. The second-order valence-electron chi connectivity index (χ2n) is 4.65. The molecule has 1 aliphatic rings. The molecule has 1 aromatic heterocycles. The monoisotopic (exact) mass is 267 g/mol. The first-order valence-corrected chi connectivity index (χ1v) is 6.20. The van der Waals surface area contributed by atoms with E-state index >= 15 is 0 Å². The molecule has 2 unspecified atom stereocenters. The molecule has 0 spiro atoms. The molecule has 1 aliphatic heterocycles. The molecule has 0 saturated carbocycles. The molecule has 0 bridgehead atoms. The Labute approximate surface area is 110 Å². The zero-order chi connectivity index (χ0) is 13.8. The van der Waals surface area contributed by atoms with Gasteiger partial charge < -0.3 is 20.1 Å². The van der Waals surface area contributed by atoms with Crippen LogP contribution in [0.1, 0.15) is 19.0 Å². The molecule has 1 saturated heterocycles. The third kappa shape index (κ3) is 3.31. The molecule has 3 N–H and O–H groups in total. The minimum atomic E-state index is -1.06. The van der Waals surface area contributed by atoms with Crippen molar-refractivity contribution in [2.24, 2.45) is 5.92 Å². The fraction of sp³-hybridized carbons (Fsp3) is 0.583. The number of H-pyrrole nitrogens is 1. The van der Waals surface area contributed by atoms with E-state index in [1.165, 1.54) is 6.33 Å². The smallest absolute Gasteiger partial charge is 0.326 e. The van der Waals surface area contributed by atoms with E-state index in [1.54, 1.807) is 6.20 Å². The van der Waals surface area contributed by atoms with Crippen LogP contribution in [0, 0.1) is 5.92 Å². The molecular formula is C12H17N3O4. The number of carbonyl (C=O) groups excluding carboxylic acids is 1. The first-order valence-electron chi connectivity index (χ1n) is 6.20. The summed E-state index contributed by atoms with van der Waals surface area (Å²) in [6.07, 6.45) is 3.67. The van der Waals surface area contributed by atoms with Gasteiger partial charge in [-0.3, -0.25) is 4.79 Å². The van der Waals surface area contributed by atoms with E-state index in [1.807, 2.05) is 6.92 Å². The number of nitrogens with zero attached hydrogens (tertiary/aromatic N) is 1. The van der Waals surface area contributed by atoms with Crippen molar-refractivity contribution in [3.8, 4) is 0 Å². The Bertz CT molecular complexity index is 446. The number of aromatic amines is 1. The van der Waals surface area contributed by atoms with Crippen LogP contribution in [-0.2, 0) is 20.7 Å². The number of imidazole rings is 1. The zero-order valence-electron chi connectivity index (χ0n) is 10.6. The van der Waals surface area contributed by atoms with Crippen LogP contribution in [0.15, 0.2) is 12.5 Å². The van der Waals surface area contributed by atoms with Gasteiger partial charge in [-0.1, -0.05) is 0 Å². The van der Waals surface area contributed by atoms with Gasteiger partial charge in [-0.2, -0.15) is 0 Å². The van der Waals surface area contributed by atoms with Crippen LogP contribution in [0.5, 0.6) is 0 Å². The van der Waals surface area contributed by atoms with Gasteiger partial charge in [0.05, 0.1) is 18.3 Å². The molecule has 0 radical (unpaired) electrons. The Morgan fingerprint density at radius 3 is 3.00 bits per heavy atom. The second kappa shape index (κ2) is 5.83. The summed E-state index contributed by atoms with van der Waals surface area (Å²) in [5, 5.41) is 11.7. The highest BCUT2D eigenvalue weighted by molar-refractivity contribution is 5.85. The fourth-order valence-electron chi connectivity index (χ4n) is 2.17. The molecular weight excluding hydrogens is 250 g/mol. The van der Waals surface area contributed by atoms with E-state index < -0.39 is 12.0 Å². The van der Waals surface area contributed by atoms with E-state index in [0.717, 1.165) is 0 Å². The Balaban J connectivity index is 1.96. The molecule has 7 nitrogen and oxygen atoms in total. The molecule has 1 fully saturated rings. The number of nitrogens with one attached hydrogen (secondary N) is 2. The highest BCUT2D eigenvalue weighted by Crippen LogP contribution is 2.20. The van der Waals surface area contributed by atoms with Crippen LogP contribution in [0.2, 0.25) is 0 Å². The predicted octanol–water partition coefficient (Wildman–Crippen LogP) is -0.0534. The number of aliphatic carboxylic acids is 1. The van der Waals surface area contributed by atoms with Gasteiger partial charge in [0.2, 0.25) is 5.91 Å². The summed E-state index contributed by atoms with van der Waals surface area (Å²) in [7, 11) is 0. The quantitative estimate of drug-likeness (QED) is 0.693. The first kappa shape index (κ1) is 13.5. The summed E-state index contributed by atoms with van der Waals surface area (Å²) >= 11 is 0. The average molecular weight is 267 g/mol. The molecule has 2 heterocycles. The maximum atomic E-state index is 12.0. The minimum Gasteiger partial charge on any atom is -0.480 e. The molecule has 3 atom stereocenters. The lowest BCUT2D eigenvalue weighted by Crippen LogP contribution is -2.46. The topological polar surface area (TPSA) is 104 Å². The predicted molar refractivity (Wildman–Crippen MR) is 65.4 cm³/mol. The largest absolute Gasteiger partial charge is 0.480 e. The molecule has 1 aromatic rings.